The van der Waals surface area contributed by atoms with Crippen molar-refractivity contribution < 1.29 is 19.0 Å². The molecule has 7 nitrogen and oxygen atoms in total. The number of piperidine rings is 3. The summed E-state index contributed by atoms with van der Waals surface area (Å²) in [6, 6.07) is 11.6. The molecular formula is C25H33N3O4. The first-order valence-electron chi connectivity index (χ1n) is 11.5. The van der Waals surface area contributed by atoms with Gasteiger partial charge in [-0.25, -0.2) is 4.79 Å². The lowest BCUT2D eigenvalue weighted by atomic mass is 9.83. The lowest BCUT2D eigenvalue weighted by molar-refractivity contribution is 0.00133. The lowest BCUT2D eigenvalue weighted by Crippen LogP contribution is -2.60. The molecule has 172 valence electrons. The maximum atomic E-state index is 13.2. The molecule has 1 unspecified atom stereocenters. The van der Waals surface area contributed by atoms with Crippen molar-refractivity contribution >= 4 is 6.09 Å². The third kappa shape index (κ3) is 5.22. The highest BCUT2D eigenvalue weighted by atomic mass is 16.6. The number of ether oxygens (including phenoxy) is 3. The Bertz CT molecular complexity index is 894. The monoisotopic (exact) mass is 439 g/mol. The van der Waals surface area contributed by atoms with E-state index in [1.165, 1.54) is 0 Å². The molecule has 0 radical (unpaired) electrons. The number of nitrogens with zero attached hydrogens (tertiary/aromatic N) is 3. The summed E-state index contributed by atoms with van der Waals surface area (Å²) < 4.78 is 16.4. The van der Waals surface area contributed by atoms with Crippen LogP contribution in [-0.2, 0) is 4.74 Å². The van der Waals surface area contributed by atoms with Crippen LogP contribution in [0.3, 0.4) is 0 Å². The molecule has 3 aliphatic rings. The molecule has 1 amide bonds. The van der Waals surface area contributed by atoms with Crippen LogP contribution < -0.4 is 9.47 Å². The highest BCUT2D eigenvalue weighted by Crippen LogP contribution is 2.33. The highest BCUT2D eigenvalue weighted by Gasteiger charge is 2.41. The summed E-state index contributed by atoms with van der Waals surface area (Å²) in [6.45, 7) is 8.38. The van der Waals surface area contributed by atoms with E-state index in [1.54, 1.807) is 13.3 Å². The number of methoxy groups -OCH3 is 1. The molecule has 32 heavy (non-hydrogen) atoms. The summed E-state index contributed by atoms with van der Waals surface area (Å²) in [4.78, 5) is 22.1. The third-order valence-corrected chi connectivity index (χ3v) is 6.37. The standard InChI is InChI=1S/C25H33N3O4/c1-18(2)28(24-17-27-11-9-19(24)10-12-27)25(29)32-21-6-4-5-20(15-21)23-8-7-22(16-26-23)31-14-13-30-3/h4-8,15-16,18-19,24H,9-14,17H2,1-3H3. The fourth-order valence-electron chi connectivity index (χ4n) is 4.73. The largest absolute Gasteiger partial charge is 0.490 e. The van der Waals surface area contributed by atoms with Gasteiger partial charge >= 0.3 is 6.09 Å². The zero-order valence-electron chi connectivity index (χ0n) is 19.2. The van der Waals surface area contributed by atoms with Gasteiger partial charge in [0.2, 0.25) is 0 Å². The summed E-state index contributed by atoms with van der Waals surface area (Å²) >= 11 is 0. The van der Waals surface area contributed by atoms with Gasteiger partial charge in [0.15, 0.2) is 0 Å². The Morgan fingerprint density at radius 2 is 1.97 bits per heavy atom. The van der Waals surface area contributed by atoms with E-state index in [0.29, 0.717) is 30.6 Å². The molecule has 5 rings (SSSR count). The SMILES string of the molecule is COCCOc1ccc(-c2cccc(OC(=O)N(C(C)C)C3CN4CCC3CC4)c2)nc1. The molecule has 1 aromatic heterocycles. The maximum absolute atomic E-state index is 13.2. The number of pyridine rings is 1. The second-order valence-corrected chi connectivity index (χ2v) is 8.82. The summed E-state index contributed by atoms with van der Waals surface area (Å²) in [6.07, 6.45) is 3.74. The Morgan fingerprint density at radius 1 is 1.16 bits per heavy atom. The molecular weight excluding hydrogens is 406 g/mol. The number of aromatic nitrogens is 1. The van der Waals surface area contributed by atoms with Gasteiger partial charge in [-0.1, -0.05) is 12.1 Å². The molecule has 0 saturated carbocycles. The molecule has 4 heterocycles. The molecule has 3 saturated heterocycles. The van der Waals surface area contributed by atoms with Crippen LogP contribution in [0.5, 0.6) is 11.5 Å². The first-order chi connectivity index (χ1) is 15.5. The van der Waals surface area contributed by atoms with E-state index in [4.69, 9.17) is 14.2 Å². The van der Waals surface area contributed by atoms with Gasteiger partial charge in [-0.05, 0) is 70.0 Å². The average Bonchev–Trinajstić information content (AvgIpc) is 2.80. The van der Waals surface area contributed by atoms with Gasteiger partial charge in [-0.15, -0.1) is 0 Å². The highest BCUT2D eigenvalue weighted by molar-refractivity contribution is 5.72. The van der Waals surface area contributed by atoms with Crippen LogP contribution in [0.2, 0.25) is 0 Å². The van der Waals surface area contributed by atoms with Gasteiger partial charge in [0.25, 0.3) is 0 Å². The van der Waals surface area contributed by atoms with E-state index in [-0.39, 0.29) is 18.2 Å². The Morgan fingerprint density at radius 3 is 2.59 bits per heavy atom. The quantitative estimate of drug-likeness (QED) is 0.578. The van der Waals surface area contributed by atoms with Gasteiger partial charge < -0.3 is 24.0 Å². The van der Waals surface area contributed by atoms with Gasteiger partial charge in [0.1, 0.15) is 18.1 Å². The number of carbonyl (C=O) groups is 1. The van der Waals surface area contributed by atoms with Gasteiger partial charge in [0, 0.05) is 25.3 Å². The Balaban J connectivity index is 1.44. The lowest BCUT2D eigenvalue weighted by Gasteiger charge is -2.49. The fourth-order valence-corrected chi connectivity index (χ4v) is 4.73. The summed E-state index contributed by atoms with van der Waals surface area (Å²) in [5.74, 6) is 1.79. The van der Waals surface area contributed by atoms with Gasteiger partial charge in [-0.3, -0.25) is 4.98 Å². The number of hydrogen-bond donors (Lipinski definition) is 0. The molecule has 2 aromatic rings. The second kappa shape index (κ2) is 10.3. The zero-order valence-corrected chi connectivity index (χ0v) is 19.2. The summed E-state index contributed by atoms with van der Waals surface area (Å²) in [7, 11) is 1.64. The molecule has 1 atom stereocenters. The number of hydrogen-bond acceptors (Lipinski definition) is 6. The molecule has 1 aromatic carbocycles. The van der Waals surface area contributed by atoms with Crippen molar-refractivity contribution in [2.75, 3.05) is 40.0 Å². The number of rotatable bonds is 8. The van der Waals surface area contributed by atoms with Crippen LogP contribution in [-0.4, -0.2) is 72.9 Å². The topological polar surface area (TPSA) is 64.1 Å². The van der Waals surface area contributed by atoms with E-state index >= 15 is 0 Å². The number of amides is 1. The second-order valence-electron chi connectivity index (χ2n) is 8.82. The van der Waals surface area contributed by atoms with Crippen molar-refractivity contribution in [2.24, 2.45) is 5.92 Å². The predicted octanol–water partition coefficient (Wildman–Crippen LogP) is 4.08. The average molecular weight is 440 g/mol. The zero-order chi connectivity index (χ0) is 22.5. The van der Waals surface area contributed by atoms with Crippen molar-refractivity contribution in [3.63, 3.8) is 0 Å². The normalized spacial score (nSPS) is 22.1. The van der Waals surface area contributed by atoms with Crippen LogP contribution in [0.1, 0.15) is 26.7 Å². The molecule has 7 heteroatoms. The van der Waals surface area contributed by atoms with Crippen LogP contribution in [0.25, 0.3) is 11.3 Å². The molecule has 3 fully saturated rings. The van der Waals surface area contributed by atoms with Crippen LogP contribution in [0.4, 0.5) is 4.79 Å². The summed E-state index contributed by atoms with van der Waals surface area (Å²) in [5.41, 5.74) is 1.68. The van der Waals surface area contributed by atoms with Crippen molar-refractivity contribution in [2.45, 2.75) is 38.8 Å². The van der Waals surface area contributed by atoms with Crippen LogP contribution >= 0.6 is 0 Å². The van der Waals surface area contributed by atoms with E-state index in [0.717, 1.165) is 43.7 Å². The van der Waals surface area contributed by atoms with Crippen molar-refractivity contribution in [1.29, 1.82) is 0 Å². The number of carbonyl (C=O) groups excluding carboxylic acids is 1. The minimum atomic E-state index is -0.272. The van der Waals surface area contributed by atoms with Crippen molar-refractivity contribution in [1.82, 2.24) is 14.8 Å². The predicted molar refractivity (Wildman–Crippen MR) is 123 cm³/mol. The molecule has 0 N–H and O–H groups in total. The molecule has 0 aliphatic carbocycles. The Kier molecular flexibility index (Phi) is 7.27. The van der Waals surface area contributed by atoms with E-state index in [2.05, 4.69) is 23.7 Å². The minimum absolute atomic E-state index is 0.0866. The van der Waals surface area contributed by atoms with Crippen molar-refractivity contribution in [3.8, 4) is 22.8 Å². The maximum Gasteiger partial charge on any atom is 0.415 e. The van der Waals surface area contributed by atoms with E-state index < -0.39 is 0 Å². The third-order valence-electron chi connectivity index (χ3n) is 6.37. The Hall–Kier alpha value is -2.64. The summed E-state index contributed by atoms with van der Waals surface area (Å²) in [5, 5.41) is 0. The minimum Gasteiger partial charge on any atom is -0.490 e. The Labute approximate surface area is 190 Å². The molecule has 2 bridgehead atoms. The van der Waals surface area contributed by atoms with E-state index in [1.807, 2.05) is 41.3 Å². The van der Waals surface area contributed by atoms with Gasteiger partial charge in [0.05, 0.1) is 24.5 Å². The molecule has 0 spiro atoms. The number of benzene rings is 1. The first-order valence-corrected chi connectivity index (χ1v) is 11.5. The molecule has 3 aliphatic heterocycles. The van der Waals surface area contributed by atoms with Crippen LogP contribution in [0.15, 0.2) is 42.6 Å². The van der Waals surface area contributed by atoms with Crippen LogP contribution in [0, 0.1) is 5.92 Å². The van der Waals surface area contributed by atoms with Crippen molar-refractivity contribution in [3.05, 3.63) is 42.6 Å². The van der Waals surface area contributed by atoms with Gasteiger partial charge in [-0.2, -0.15) is 0 Å². The smallest absolute Gasteiger partial charge is 0.415 e. The first kappa shape index (κ1) is 22.6. The van der Waals surface area contributed by atoms with E-state index in [9.17, 15) is 4.79 Å². The number of fused-ring (bicyclic) bond motifs is 3. The fraction of sp³-hybridized carbons (Fsp3) is 0.520.